The number of urea groups is 1. The molecule has 1 aromatic carbocycles. The number of benzene rings is 1. The molecule has 1 heterocycles. The van der Waals surface area contributed by atoms with Gasteiger partial charge in [0, 0.05) is 19.1 Å². The molecule has 0 atom stereocenters. The number of rotatable bonds is 5. The van der Waals surface area contributed by atoms with Gasteiger partial charge in [-0.2, -0.15) is 0 Å². The second kappa shape index (κ2) is 6.22. The maximum Gasteiger partial charge on any atom is 0.314 e. The molecule has 0 saturated heterocycles. The number of nitrogens with zero attached hydrogens (tertiary/aromatic N) is 2. The number of imidazole rings is 1. The molecule has 2 aromatic rings. The molecule has 2 rings (SSSR count). The van der Waals surface area contributed by atoms with Crippen molar-refractivity contribution in [2.75, 3.05) is 6.54 Å². The Morgan fingerprint density at radius 1 is 1.37 bits per heavy atom. The average Bonchev–Trinajstić information content (AvgIpc) is 2.77. The van der Waals surface area contributed by atoms with Crippen LogP contribution in [0, 0.1) is 0 Å². The van der Waals surface area contributed by atoms with E-state index in [1.165, 1.54) is 0 Å². The molecular weight excluding hydrogens is 240 g/mol. The molecule has 0 aliphatic carbocycles. The summed E-state index contributed by atoms with van der Waals surface area (Å²) in [5.41, 5.74) is 2.14. The van der Waals surface area contributed by atoms with Crippen molar-refractivity contribution in [2.24, 2.45) is 0 Å². The Bertz CT molecular complexity index is 547. The largest absolute Gasteiger partial charge is 0.338 e. The summed E-state index contributed by atoms with van der Waals surface area (Å²) >= 11 is 0. The lowest BCUT2D eigenvalue weighted by Crippen LogP contribution is -2.39. The van der Waals surface area contributed by atoms with Gasteiger partial charge in [-0.3, -0.25) is 0 Å². The standard InChI is InChI=1S/C14H20N4O/c1-11(2)17-14(19)15-8-5-9-18-10-16-12-6-3-4-7-13(12)18/h3-4,6-7,10-11H,5,8-9H2,1-2H3,(H2,15,17,19). The minimum absolute atomic E-state index is 0.106. The first-order chi connectivity index (χ1) is 9.16. The van der Waals surface area contributed by atoms with Crippen LogP contribution in [0.3, 0.4) is 0 Å². The Hall–Kier alpha value is -2.04. The predicted molar refractivity (Wildman–Crippen MR) is 76.0 cm³/mol. The molecular formula is C14H20N4O. The van der Waals surface area contributed by atoms with Gasteiger partial charge < -0.3 is 15.2 Å². The smallest absolute Gasteiger partial charge is 0.314 e. The number of para-hydroxylation sites is 2. The van der Waals surface area contributed by atoms with Crippen LogP contribution < -0.4 is 10.6 Å². The van der Waals surface area contributed by atoms with Crippen LogP contribution in [0.15, 0.2) is 30.6 Å². The topological polar surface area (TPSA) is 59.0 Å². The number of hydrogen-bond donors (Lipinski definition) is 2. The van der Waals surface area contributed by atoms with E-state index in [2.05, 4.69) is 26.3 Å². The Morgan fingerprint density at radius 3 is 2.95 bits per heavy atom. The van der Waals surface area contributed by atoms with Gasteiger partial charge in [-0.15, -0.1) is 0 Å². The van der Waals surface area contributed by atoms with E-state index in [1.807, 2.05) is 38.4 Å². The third-order valence-corrected chi connectivity index (χ3v) is 2.81. The number of carbonyl (C=O) groups excluding carboxylic acids is 1. The van der Waals surface area contributed by atoms with Crippen LogP contribution in [-0.4, -0.2) is 28.2 Å². The lowest BCUT2D eigenvalue weighted by molar-refractivity contribution is 0.238. The molecule has 0 saturated carbocycles. The first kappa shape index (κ1) is 13.4. The molecule has 19 heavy (non-hydrogen) atoms. The number of hydrogen-bond acceptors (Lipinski definition) is 2. The van der Waals surface area contributed by atoms with E-state index >= 15 is 0 Å². The maximum atomic E-state index is 11.4. The van der Waals surface area contributed by atoms with Gasteiger partial charge >= 0.3 is 6.03 Å². The molecule has 0 bridgehead atoms. The van der Waals surface area contributed by atoms with E-state index in [1.54, 1.807) is 0 Å². The van der Waals surface area contributed by atoms with Crippen molar-refractivity contribution in [3.8, 4) is 0 Å². The highest BCUT2D eigenvalue weighted by molar-refractivity contribution is 5.75. The van der Waals surface area contributed by atoms with E-state index in [-0.39, 0.29) is 12.1 Å². The van der Waals surface area contributed by atoms with Crippen LogP contribution in [-0.2, 0) is 6.54 Å². The molecule has 5 nitrogen and oxygen atoms in total. The van der Waals surface area contributed by atoms with Crippen LogP contribution in [0.25, 0.3) is 11.0 Å². The zero-order chi connectivity index (χ0) is 13.7. The fraction of sp³-hybridized carbons (Fsp3) is 0.429. The van der Waals surface area contributed by atoms with Crippen LogP contribution in [0.2, 0.25) is 0 Å². The first-order valence-corrected chi connectivity index (χ1v) is 6.61. The molecule has 0 aliphatic heterocycles. The highest BCUT2D eigenvalue weighted by Gasteiger charge is 2.03. The van der Waals surface area contributed by atoms with E-state index in [4.69, 9.17) is 0 Å². The Kier molecular flexibility index (Phi) is 4.39. The fourth-order valence-electron chi connectivity index (χ4n) is 1.95. The highest BCUT2D eigenvalue weighted by atomic mass is 16.2. The molecule has 0 unspecified atom stereocenters. The van der Waals surface area contributed by atoms with Gasteiger partial charge in [0.05, 0.1) is 17.4 Å². The van der Waals surface area contributed by atoms with E-state index in [0.717, 1.165) is 24.0 Å². The van der Waals surface area contributed by atoms with Crippen molar-refractivity contribution >= 4 is 17.1 Å². The van der Waals surface area contributed by atoms with Crippen molar-refractivity contribution in [3.63, 3.8) is 0 Å². The summed E-state index contributed by atoms with van der Waals surface area (Å²) in [6.07, 6.45) is 2.73. The summed E-state index contributed by atoms with van der Waals surface area (Å²) in [6, 6.07) is 8.11. The van der Waals surface area contributed by atoms with Crippen LogP contribution >= 0.6 is 0 Å². The zero-order valence-electron chi connectivity index (χ0n) is 11.4. The summed E-state index contributed by atoms with van der Waals surface area (Å²) in [7, 11) is 0. The predicted octanol–water partition coefficient (Wildman–Crippen LogP) is 2.13. The van der Waals surface area contributed by atoms with Crippen LogP contribution in [0.5, 0.6) is 0 Å². The molecule has 0 fully saturated rings. The average molecular weight is 260 g/mol. The van der Waals surface area contributed by atoms with E-state index < -0.39 is 0 Å². The normalized spacial score (nSPS) is 10.9. The van der Waals surface area contributed by atoms with Gasteiger partial charge in [0.1, 0.15) is 0 Å². The number of aromatic nitrogens is 2. The molecule has 0 spiro atoms. The van der Waals surface area contributed by atoms with Gasteiger partial charge in [0.15, 0.2) is 0 Å². The Balaban J connectivity index is 1.78. The second-order valence-corrected chi connectivity index (χ2v) is 4.84. The molecule has 5 heteroatoms. The summed E-state index contributed by atoms with van der Waals surface area (Å²) in [4.78, 5) is 15.7. The van der Waals surface area contributed by atoms with Gasteiger partial charge in [-0.1, -0.05) is 12.1 Å². The maximum absolute atomic E-state index is 11.4. The van der Waals surface area contributed by atoms with Crippen LogP contribution in [0.1, 0.15) is 20.3 Å². The number of fused-ring (bicyclic) bond motifs is 1. The van der Waals surface area contributed by atoms with Crippen LogP contribution in [0.4, 0.5) is 4.79 Å². The van der Waals surface area contributed by atoms with Gasteiger partial charge in [-0.05, 0) is 32.4 Å². The lowest BCUT2D eigenvalue weighted by atomic mass is 10.3. The van der Waals surface area contributed by atoms with Crippen molar-refractivity contribution in [2.45, 2.75) is 32.9 Å². The van der Waals surface area contributed by atoms with Crippen molar-refractivity contribution in [1.82, 2.24) is 20.2 Å². The fourth-order valence-corrected chi connectivity index (χ4v) is 1.95. The highest BCUT2D eigenvalue weighted by Crippen LogP contribution is 2.11. The summed E-state index contributed by atoms with van der Waals surface area (Å²) < 4.78 is 2.11. The molecule has 0 radical (unpaired) electrons. The van der Waals surface area contributed by atoms with E-state index in [0.29, 0.717) is 6.54 Å². The minimum Gasteiger partial charge on any atom is -0.338 e. The SMILES string of the molecule is CC(C)NC(=O)NCCCn1cnc2ccccc21. The zero-order valence-corrected chi connectivity index (χ0v) is 11.4. The molecule has 1 aromatic heterocycles. The molecule has 0 aliphatic rings. The van der Waals surface area contributed by atoms with Gasteiger partial charge in [0.25, 0.3) is 0 Å². The third kappa shape index (κ3) is 3.71. The quantitative estimate of drug-likeness (QED) is 0.809. The minimum atomic E-state index is -0.106. The number of aryl methyl sites for hydroxylation is 1. The molecule has 102 valence electrons. The van der Waals surface area contributed by atoms with E-state index in [9.17, 15) is 4.79 Å². The Morgan fingerprint density at radius 2 is 2.16 bits per heavy atom. The van der Waals surface area contributed by atoms with Crippen molar-refractivity contribution < 1.29 is 4.79 Å². The lowest BCUT2D eigenvalue weighted by Gasteiger charge is -2.10. The van der Waals surface area contributed by atoms with Crippen molar-refractivity contribution in [1.29, 1.82) is 0 Å². The molecule has 2 amide bonds. The first-order valence-electron chi connectivity index (χ1n) is 6.61. The Labute approximate surface area is 113 Å². The second-order valence-electron chi connectivity index (χ2n) is 4.84. The third-order valence-electron chi connectivity index (χ3n) is 2.81. The van der Waals surface area contributed by atoms with Crippen molar-refractivity contribution in [3.05, 3.63) is 30.6 Å². The molecule has 2 N–H and O–H groups in total. The summed E-state index contributed by atoms with van der Waals surface area (Å²) in [5.74, 6) is 0. The summed E-state index contributed by atoms with van der Waals surface area (Å²) in [5, 5.41) is 5.64. The van der Waals surface area contributed by atoms with Gasteiger partial charge in [-0.25, -0.2) is 9.78 Å². The monoisotopic (exact) mass is 260 g/mol. The number of amides is 2. The summed E-state index contributed by atoms with van der Waals surface area (Å²) in [6.45, 7) is 5.39. The number of nitrogens with one attached hydrogen (secondary N) is 2. The van der Waals surface area contributed by atoms with Gasteiger partial charge in [0.2, 0.25) is 0 Å². The number of carbonyl (C=O) groups is 1.